The maximum absolute atomic E-state index is 12.3. The van der Waals surface area contributed by atoms with Crippen LogP contribution in [-0.4, -0.2) is 18.5 Å². The van der Waals surface area contributed by atoms with Gasteiger partial charge in [-0.3, -0.25) is 4.79 Å². The summed E-state index contributed by atoms with van der Waals surface area (Å²) in [6.45, 7) is 1.43. The lowest BCUT2D eigenvalue weighted by Crippen LogP contribution is -2.48. The van der Waals surface area contributed by atoms with Crippen molar-refractivity contribution in [2.45, 2.75) is 25.4 Å². The highest BCUT2D eigenvalue weighted by Gasteiger charge is 2.23. The van der Waals surface area contributed by atoms with Crippen molar-refractivity contribution in [2.75, 3.05) is 6.54 Å². The van der Waals surface area contributed by atoms with Crippen molar-refractivity contribution in [2.24, 2.45) is 0 Å². The van der Waals surface area contributed by atoms with Crippen LogP contribution in [0.25, 0.3) is 0 Å². The maximum atomic E-state index is 12.3. The molecule has 122 valence electrons. The van der Waals surface area contributed by atoms with Crippen molar-refractivity contribution >= 4 is 34.2 Å². The van der Waals surface area contributed by atoms with Crippen molar-refractivity contribution in [1.82, 2.24) is 10.6 Å². The molecule has 1 unspecified atom stereocenters. The Morgan fingerprint density at radius 1 is 1.13 bits per heavy atom. The molecular formula is C18H20BrClN2O. The van der Waals surface area contributed by atoms with Gasteiger partial charge in [0.1, 0.15) is 0 Å². The molecule has 3 nitrogen and oxygen atoms in total. The Balaban J connectivity index is 0.00000192. The van der Waals surface area contributed by atoms with E-state index in [1.807, 2.05) is 24.3 Å². The molecule has 1 amide bonds. The van der Waals surface area contributed by atoms with Crippen molar-refractivity contribution in [3.05, 3.63) is 69.7 Å². The fourth-order valence-corrected chi connectivity index (χ4v) is 3.01. The molecule has 0 spiro atoms. The van der Waals surface area contributed by atoms with E-state index in [1.54, 1.807) is 0 Å². The number of hydrogen-bond donors (Lipinski definition) is 2. The van der Waals surface area contributed by atoms with E-state index in [9.17, 15) is 4.79 Å². The molecule has 2 aromatic rings. The molecular weight excluding hydrogens is 376 g/mol. The molecule has 1 heterocycles. The lowest BCUT2D eigenvalue weighted by molar-refractivity contribution is -0.123. The van der Waals surface area contributed by atoms with Gasteiger partial charge in [-0.15, -0.1) is 12.4 Å². The Morgan fingerprint density at radius 3 is 2.57 bits per heavy atom. The minimum absolute atomic E-state index is 0. The van der Waals surface area contributed by atoms with Gasteiger partial charge in [0.25, 0.3) is 0 Å². The van der Waals surface area contributed by atoms with Crippen LogP contribution in [0.3, 0.4) is 0 Å². The molecule has 0 saturated heterocycles. The molecule has 0 radical (unpaired) electrons. The van der Waals surface area contributed by atoms with Crippen LogP contribution in [0.2, 0.25) is 0 Å². The number of halogens is 2. The summed E-state index contributed by atoms with van der Waals surface area (Å²) in [5, 5.41) is 6.35. The van der Waals surface area contributed by atoms with Gasteiger partial charge in [0.2, 0.25) is 5.91 Å². The largest absolute Gasteiger partial charge is 0.354 e. The molecule has 1 aliphatic heterocycles. The summed E-state index contributed by atoms with van der Waals surface area (Å²) >= 11 is 3.42. The van der Waals surface area contributed by atoms with Crippen molar-refractivity contribution in [3.63, 3.8) is 0 Å². The Labute approximate surface area is 151 Å². The lowest BCUT2D eigenvalue weighted by Gasteiger charge is -2.25. The summed E-state index contributed by atoms with van der Waals surface area (Å²) in [6, 6.07) is 16.4. The second-order valence-corrected chi connectivity index (χ2v) is 6.49. The molecule has 0 bridgehead atoms. The van der Waals surface area contributed by atoms with Crippen LogP contribution in [0, 0.1) is 0 Å². The number of rotatable bonds is 4. The van der Waals surface area contributed by atoms with Crippen LogP contribution in [0.5, 0.6) is 0 Å². The molecule has 5 heteroatoms. The van der Waals surface area contributed by atoms with E-state index in [2.05, 4.69) is 50.8 Å². The topological polar surface area (TPSA) is 41.1 Å². The third kappa shape index (κ3) is 4.80. The third-order valence-electron chi connectivity index (χ3n) is 4.02. The number of carbonyl (C=O) groups is 1. The monoisotopic (exact) mass is 394 g/mol. The van der Waals surface area contributed by atoms with E-state index in [0.29, 0.717) is 6.54 Å². The van der Waals surface area contributed by atoms with Crippen LogP contribution in [0.1, 0.15) is 16.7 Å². The van der Waals surface area contributed by atoms with Crippen molar-refractivity contribution in [3.8, 4) is 0 Å². The molecule has 0 saturated carbocycles. The van der Waals surface area contributed by atoms with Gasteiger partial charge in [-0.2, -0.15) is 0 Å². The zero-order valence-corrected chi connectivity index (χ0v) is 15.1. The Morgan fingerprint density at radius 2 is 1.83 bits per heavy atom. The van der Waals surface area contributed by atoms with E-state index in [0.717, 1.165) is 23.9 Å². The summed E-state index contributed by atoms with van der Waals surface area (Å²) in [5.41, 5.74) is 3.79. The van der Waals surface area contributed by atoms with E-state index in [-0.39, 0.29) is 24.4 Å². The molecule has 2 aromatic carbocycles. The molecule has 3 rings (SSSR count). The highest BCUT2D eigenvalue weighted by atomic mass is 79.9. The summed E-state index contributed by atoms with van der Waals surface area (Å²) in [6.07, 6.45) is 1.61. The first-order valence-electron chi connectivity index (χ1n) is 7.55. The number of benzene rings is 2. The van der Waals surface area contributed by atoms with Crippen molar-refractivity contribution < 1.29 is 4.79 Å². The average Bonchev–Trinajstić information content (AvgIpc) is 2.56. The van der Waals surface area contributed by atoms with Gasteiger partial charge in [-0.25, -0.2) is 0 Å². The summed E-state index contributed by atoms with van der Waals surface area (Å²) in [5.74, 6) is 0.0895. The average molecular weight is 396 g/mol. The van der Waals surface area contributed by atoms with Crippen molar-refractivity contribution in [1.29, 1.82) is 0 Å². The first-order chi connectivity index (χ1) is 10.7. The predicted octanol–water partition coefficient (Wildman–Crippen LogP) is 3.24. The second kappa shape index (κ2) is 8.48. The number of amides is 1. The Hall–Kier alpha value is -1.36. The minimum atomic E-state index is -0.125. The molecule has 1 aliphatic rings. The fraction of sp³-hybridized carbons (Fsp3) is 0.278. The van der Waals surface area contributed by atoms with E-state index in [1.165, 1.54) is 16.7 Å². The van der Waals surface area contributed by atoms with Crippen LogP contribution in [-0.2, 0) is 24.2 Å². The zero-order chi connectivity index (χ0) is 15.4. The molecule has 0 fully saturated rings. The number of nitrogens with one attached hydrogen (secondary N) is 2. The van der Waals surface area contributed by atoms with Crippen LogP contribution in [0.4, 0.5) is 0 Å². The fourth-order valence-electron chi connectivity index (χ4n) is 2.74. The number of carbonyl (C=O) groups excluding carboxylic acids is 1. The first-order valence-corrected chi connectivity index (χ1v) is 8.34. The van der Waals surface area contributed by atoms with Gasteiger partial charge >= 0.3 is 0 Å². The second-order valence-electron chi connectivity index (χ2n) is 5.57. The predicted molar refractivity (Wildman–Crippen MR) is 98.9 cm³/mol. The molecule has 0 aromatic heterocycles. The Kier molecular flexibility index (Phi) is 6.63. The summed E-state index contributed by atoms with van der Waals surface area (Å²) < 4.78 is 1.07. The molecule has 2 N–H and O–H groups in total. The minimum Gasteiger partial charge on any atom is -0.354 e. The van der Waals surface area contributed by atoms with Gasteiger partial charge < -0.3 is 10.6 Å². The van der Waals surface area contributed by atoms with E-state index >= 15 is 0 Å². The number of fused-ring (bicyclic) bond motifs is 1. The first kappa shape index (κ1) is 18.0. The van der Waals surface area contributed by atoms with Crippen LogP contribution < -0.4 is 10.6 Å². The highest BCUT2D eigenvalue weighted by molar-refractivity contribution is 9.10. The summed E-state index contributed by atoms with van der Waals surface area (Å²) in [4.78, 5) is 12.3. The smallest absolute Gasteiger partial charge is 0.237 e. The van der Waals surface area contributed by atoms with E-state index in [4.69, 9.17) is 0 Å². The van der Waals surface area contributed by atoms with Gasteiger partial charge in [0, 0.05) is 17.6 Å². The number of hydrogen-bond acceptors (Lipinski definition) is 2. The normalized spacial score (nSPS) is 16.1. The van der Waals surface area contributed by atoms with Gasteiger partial charge in [0.15, 0.2) is 0 Å². The summed E-state index contributed by atoms with van der Waals surface area (Å²) in [7, 11) is 0. The third-order valence-corrected chi connectivity index (χ3v) is 4.55. The maximum Gasteiger partial charge on any atom is 0.237 e. The Bertz CT molecular complexity index is 660. The van der Waals surface area contributed by atoms with E-state index < -0.39 is 0 Å². The molecule has 23 heavy (non-hydrogen) atoms. The highest BCUT2D eigenvalue weighted by Crippen LogP contribution is 2.16. The quantitative estimate of drug-likeness (QED) is 0.834. The molecule has 1 atom stereocenters. The van der Waals surface area contributed by atoms with Gasteiger partial charge in [-0.05, 0) is 41.7 Å². The lowest BCUT2D eigenvalue weighted by atomic mass is 9.95. The van der Waals surface area contributed by atoms with Crippen LogP contribution in [0.15, 0.2) is 53.0 Å². The van der Waals surface area contributed by atoms with Gasteiger partial charge in [0.05, 0.1) is 6.04 Å². The standard InChI is InChI=1S/C18H19BrN2O.ClH/c19-16-7-5-13(6-8-16)9-10-20-18(22)17-11-14-3-1-2-4-15(14)12-21-17;/h1-8,17,21H,9-12H2,(H,20,22);1H. The zero-order valence-electron chi connectivity index (χ0n) is 12.7. The van der Waals surface area contributed by atoms with Crippen LogP contribution >= 0.6 is 28.3 Å². The molecule has 0 aliphatic carbocycles. The van der Waals surface area contributed by atoms with Gasteiger partial charge in [-0.1, -0.05) is 52.3 Å². The SMILES string of the molecule is Cl.O=C(NCCc1ccc(Br)cc1)C1Cc2ccccc2CN1.